The van der Waals surface area contributed by atoms with Gasteiger partial charge in [0.05, 0.1) is 23.7 Å². The van der Waals surface area contributed by atoms with Crippen molar-refractivity contribution in [1.82, 2.24) is 0 Å². The van der Waals surface area contributed by atoms with Gasteiger partial charge in [-0.1, -0.05) is 42.0 Å². The quantitative estimate of drug-likeness (QED) is 0.345. The summed E-state index contributed by atoms with van der Waals surface area (Å²) >= 11 is 0. The van der Waals surface area contributed by atoms with E-state index in [-0.39, 0.29) is 19.3 Å². The first-order valence-electron chi connectivity index (χ1n) is 12.9. The third kappa shape index (κ3) is 6.74. The van der Waals surface area contributed by atoms with E-state index in [9.17, 15) is 13.2 Å². The Bertz CT molecular complexity index is 1360. The summed E-state index contributed by atoms with van der Waals surface area (Å²) in [6, 6.07) is 18.3. The van der Waals surface area contributed by atoms with Gasteiger partial charge in [0.15, 0.2) is 6.29 Å². The van der Waals surface area contributed by atoms with Gasteiger partial charge in [-0.25, -0.2) is 8.42 Å². The van der Waals surface area contributed by atoms with E-state index in [4.69, 9.17) is 14.6 Å². The molecule has 1 heterocycles. The number of rotatable bonds is 10. The third-order valence-corrected chi connectivity index (χ3v) is 8.71. The number of carboxylic acids is 1. The van der Waals surface area contributed by atoms with Crippen molar-refractivity contribution in [2.45, 2.75) is 70.6 Å². The molecular formula is C30H35NO6S. The standard InChI is InChI=1S/C30H35NO6S/c1-21-17-22(2)30(23(3)18-21)38(34,35)31(26-13-10-24(11-14-26)12-15-28(32)33)20-25-7-6-8-27(19-25)37-29-9-4-5-16-36-29/h6-8,10-11,13-14,17-19,29H,4-5,9,12,15-16,20H2,1-3H3,(H,32,33). The maximum Gasteiger partial charge on any atom is 0.303 e. The molecule has 1 aliphatic heterocycles. The lowest BCUT2D eigenvalue weighted by Gasteiger charge is -2.27. The zero-order valence-electron chi connectivity index (χ0n) is 22.1. The second kappa shape index (κ2) is 12.0. The number of carboxylic acid groups (broad SMARTS) is 1. The van der Waals surface area contributed by atoms with E-state index in [2.05, 4.69) is 0 Å². The fourth-order valence-electron chi connectivity index (χ4n) is 4.92. The van der Waals surface area contributed by atoms with Crippen LogP contribution < -0.4 is 9.04 Å². The van der Waals surface area contributed by atoms with E-state index in [0.29, 0.717) is 40.5 Å². The average Bonchev–Trinajstić information content (AvgIpc) is 2.86. The van der Waals surface area contributed by atoms with Crippen LogP contribution in [0.25, 0.3) is 0 Å². The van der Waals surface area contributed by atoms with Gasteiger partial charge in [0, 0.05) is 12.8 Å². The Morgan fingerprint density at radius 3 is 2.34 bits per heavy atom. The van der Waals surface area contributed by atoms with Crippen LogP contribution in [-0.4, -0.2) is 32.4 Å². The molecule has 202 valence electrons. The molecule has 1 atom stereocenters. The third-order valence-electron chi connectivity index (χ3n) is 6.63. The summed E-state index contributed by atoms with van der Waals surface area (Å²) in [5.41, 5.74) is 4.50. The van der Waals surface area contributed by atoms with Crippen LogP contribution in [0, 0.1) is 20.8 Å². The lowest BCUT2D eigenvalue weighted by atomic mass is 10.1. The van der Waals surface area contributed by atoms with Crippen molar-refractivity contribution in [1.29, 1.82) is 0 Å². The second-order valence-electron chi connectivity index (χ2n) is 9.86. The van der Waals surface area contributed by atoms with Gasteiger partial charge < -0.3 is 14.6 Å². The molecule has 1 N–H and O–H groups in total. The largest absolute Gasteiger partial charge is 0.481 e. The van der Waals surface area contributed by atoms with Gasteiger partial charge in [-0.2, -0.15) is 0 Å². The zero-order chi connectivity index (χ0) is 27.3. The van der Waals surface area contributed by atoms with Crippen LogP contribution in [0.15, 0.2) is 65.6 Å². The molecule has 0 aliphatic carbocycles. The van der Waals surface area contributed by atoms with Crippen LogP contribution >= 0.6 is 0 Å². The van der Waals surface area contributed by atoms with Crippen molar-refractivity contribution in [2.75, 3.05) is 10.9 Å². The minimum Gasteiger partial charge on any atom is -0.481 e. The van der Waals surface area contributed by atoms with Gasteiger partial charge in [-0.15, -0.1) is 0 Å². The predicted octanol–water partition coefficient (Wildman–Crippen LogP) is 5.93. The molecule has 7 nitrogen and oxygen atoms in total. The van der Waals surface area contributed by atoms with Gasteiger partial charge >= 0.3 is 5.97 Å². The highest BCUT2D eigenvalue weighted by molar-refractivity contribution is 7.92. The fourth-order valence-corrected chi connectivity index (χ4v) is 6.79. The number of carbonyl (C=O) groups is 1. The minimum absolute atomic E-state index is 0.0145. The number of aryl methyl sites for hydroxylation is 4. The van der Waals surface area contributed by atoms with Crippen molar-refractivity contribution < 1.29 is 27.8 Å². The fraction of sp³-hybridized carbons (Fsp3) is 0.367. The zero-order valence-corrected chi connectivity index (χ0v) is 23.0. The predicted molar refractivity (Wildman–Crippen MR) is 147 cm³/mol. The molecule has 0 saturated carbocycles. The molecule has 0 radical (unpaired) electrons. The molecule has 1 unspecified atom stereocenters. The average molecular weight is 538 g/mol. The summed E-state index contributed by atoms with van der Waals surface area (Å²) in [6.45, 7) is 6.36. The van der Waals surface area contributed by atoms with Gasteiger partial charge in [0.2, 0.25) is 0 Å². The number of nitrogens with zero attached hydrogens (tertiary/aromatic N) is 1. The summed E-state index contributed by atoms with van der Waals surface area (Å²) in [7, 11) is -3.94. The number of hydrogen-bond acceptors (Lipinski definition) is 5. The summed E-state index contributed by atoms with van der Waals surface area (Å²) < 4.78 is 41.5. The topological polar surface area (TPSA) is 93.1 Å². The molecule has 0 spiro atoms. The maximum absolute atomic E-state index is 14.2. The highest BCUT2D eigenvalue weighted by atomic mass is 32.2. The van der Waals surface area contributed by atoms with E-state index >= 15 is 0 Å². The van der Waals surface area contributed by atoms with Gasteiger partial charge in [0.25, 0.3) is 10.0 Å². The molecule has 4 rings (SSSR count). The molecule has 38 heavy (non-hydrogen) atoms. The Hall–Kier alpha value is -3.36. The Balaban J connectivity index is 1.69. The van der Waals surface area contributed by atoms with Crippen molar-refractivity contribution in [3.8, 4) is 5.75 Å². The maximum atomic E-state index is 14.2. The Kier molecular flexibility index (Phi) is 8.74. The molecule has 0 bridgehead atoms. The minimum atomic E-state index is -3.94. The first-order valence-corrected chi connectivity index (χ1v) is 14.4. The molecule has 0 aromatic heterocycles. The molecule has 3 aromatic rings. The number of hydrogen-bond donors (Lipinski definition) is 1. The number of anilines is 1. The molecule has 1 saturated heterocycles. The molecule has 8 heteroatoms. The summed E-state index contributed by atoms with van der Waals surface area (Å²) in [5.74, 6) is -0.234. The summed E-state index contributed by atoms with van der Waals surface area (Å²) in [6.07, 6.45) is 3.00. The molecule has 1 fully saturated rings. The van der Waals surface area contributed by atoms with Crippen LogP contribution in [-0.2, 0) is 32.5 Å². The normalized spacial score (nSPS) is 15.7. The van der Waals surface area contributed by atoms with Crippen LogP contribution in [0.2, 0.25) is 0 Å². The second-order valence-corrected chi connectivity index (χ2v) is 11.7. The molecular weight excluding hydrogens is 502 g/mol. The van der Waals surface area contributed by atoms with Crippen molar-refractivity contribution in [3.05, 3.63) is 88.5 Å². The Labute approximate surface area is 225 Å². The van der Waals surface area contributed by atoms with E-state index in [0.717, 1.165) is 36.0 Å². The van der Waals surface area contributed by atoms with Crippen LogP contribution in [0.1, 0.15) is 53.5 Å². The first kappa shape index (κ1) is 27.7. The Morgan fingerprint density at radius 2 is 1.71 bits per heavy atom. The summed E-state index contributed by atoms with van der Waals surface area (Å²) in [4.78, 5) is 11.3. The highest BCUT2D eigenvalue weighted by Crippen LogP contribution is 2.32. The number of benzene rings is 3. The monoisotopic (exact) mass is 537 g/mol. The molecule has 3 aromatic carbocycles. The number of sulfonamides is 1. The van der Waals surface area contributed by atoms with E-state index < -0.39 is 16.0 Å². The van der Waals surface area contributed by atoms with Crippen LogP contribution in [0.5, 0.6) is 5.75 Å². The van der Waals surface area contributed by atoms with Crippen molar-refractivity contribution in [3.63, 3.8) is 0 Å². The van der Waals surface area contributed by atoms with Crippen LogP contribution in [0.4, 0.5) is 5.69 Å². The van der Waals surface area contributed by atoms with Crippen molar-refractivity contribution >= 4 is 21.7 Å². The number of aliphatic carboxylic acids is 1. The van der Waals surface area contributed by atoms with Gasteiger partial charge in [-0.3, -0.25) is 9.10 Å². The lowest BCUT2D eigenvalue weighted by Crippen LogP contribution is -2.32. The van der Waals surface area contributed by atoms with Gasteiger partial charge in [-0.05, 0) is 86.6 Å². The summed E-state index contributed by atoms with van der Waals surface area (Å²) in [5, 5.41) is 9.01. The van der Waals surface area contributed by atoms with Gasteiger partial charge in [0.1, 0.15) is 5.75 Å². The first-order chi connectivity index (χ1) is 18.1. The number of ether oxygens (including phenoxy) is 2. The van der Waals surface area contributed by atoms with Crippen molar-refractivity contribution in [2.24, 2.45) is 0 Å². The SMILES string of the molecule is Cc1cc(C)c(S(=O)(=O)N(Cc2cccc(OC3CCCCO3)c2)c2ccc(CCC(=O)O)cc2)c(C)c1. The van der Waals surface area contributed by atoms with E-state index in [1.807, 2.05) is 57.2 Å². The molecule has 1 aliphatic rings. The smallest absolute Gasteiger partial charge is 0.303 e. The molecule has 0 amide bonds. The lowest BCUT2D eigenvalue weighted by molar-refractivity contribution is -0.136. The Morgan fingerprint density at radius 1 is 1.00 bits per heavy atom. The van der Waals surface area contributed by atoms with E-state index in [1.165, 1.54) is 4.31 Å². The highest BCUT2D eigenvalue weighted by Gasteiger charge is 2.29. The van der Waals surface area contributed by atoms with Crippen LogP contribution in [0.3, 0.4) is 0 Å². The van der Waals surface area contributed by atoms with E-state index in [1.54, 1.807) is 24.3 Å².